The molecule has 5 aliphatic heterocycles. The van der Waals surface area contributed by atoms with Gasteiger partial charge in [0.15, 0.2) is 11.3 Å². The minimum Gasteiger partial charge on any atom is -0.449 e. The molecule has 1 N–H and O–H groups in total. The van der Waals surface area contributed by atoms with Gasteiger partial charge in [-0.3, -0.25) is 43.1 Å². The van der Waals surface area contributed by atoms with Crippen molar-refractivity contribution in [2.75, 3.05) is 76.3 Å². The van der Waals surface area contributed by atoms with Crippen molar-refractivity contribution in [3.8, 4) is 0 Å². The first kappa shape index (κ1) is 43.2. The van der Waals surface area contributed by atoms with E-state index in [1.807, 2.05) is 29.2 Å². The molecule has 0 bridgehead atoms. The number of anilines is 2. The van der Waals surface area contributed by atoms with Crippen molar-refractivity contribution in [1.29, 1.82) is 0 Å². The first-order chi connectivity index (χ1) is 31.8. The highest BCUT2D eigenvalue weighted by Crippen LogP contribution is 2.43. The molecule has 66 heavy (non-hydrogen) atoms. The van der Waals surface area contributed by atoms with Gasteiger partial charge in [-0.15, -0.1) is 5.10 Å². The van der Waals surface area contributed by atoms with Crippen LogP contribution in [0.25, 0.3) is 27.6 Å². The number of aromatic nitrogens is 5. The Hall–Kier alpha value is -6.72. The van der Waals surface area contributed by atoms with Gasteiger partial charge in [0.1, 0.15) is 6.04 Å². The van der Waals surface area contributed by atoms with Crippen LogP contribution in [0.15, 0.2) is 64.1 Å². The minimum atomic E-state index is -0.723. The summed E-state index contributed by atoms with van der Waals surface area (Å²) in [6, 6.07) is 11.2. The predicted octanol–water partition coefficient (Wildman–Crippen LogP) is 3.80. The van der Waals surface area contributed by atoms with Gasteiger partial charge in [-0.25, -0.2) is 4.79 Å². The largest absolute Gasteiger partial charge is 0.449 e. The molecule has 4 saturated heterocycles. The van der Waals surface area contributed by atoms with Crippen LogP contribution in [0.1, 0.15) is 79.9 Å². The van der Waals surface area contributed by atoms with Crippen LogP contribution >= 0.6 is 0 Å². The fourth-order valence-electron chi connectivity index (χ4n) is 10.9. The summed E-state index contributed by atoms with van der Waals surface area (Å²) in [5.41, 5.74) is 5.84. The first-order valence-electron chi connectivity index (χ1n) is 23.3. The van der Waals surface area contributed by atoms with Crippen molar-refractivity contribution in [3.63, 3.8) is 0 Å². The van der Waals surface area contributed by atoms with E-state index in [1.54, 1.807) is 42.8 Å². The third-order valence-electron chi connectivity index (χ3n) is 14.8. The van der Waals surface area contributed by atoms with Crippen LogP contribution in [0.2, 0.25) is 0 Å². The molecule has 2 aromatic carbocycles. The van der Waals surface area contributed by atoms with E-state index in [9.17, 15) is 28.8 Å². The van der Waals surface area contributed by atoms with Crippen LogP contribution in [-0.4, -0.2) is 135 Å². The van der Waals surface area contributed by atoms with Gasteiger partial charge in [-0.2, -0.15) is 0 Å². The van der Waals surface area contributed by atoms with E-state index in [0.717, 1.165) is 85.3 Å². The molecule has 0 saturated carbocycles. The highest BCUT2D eigenvalue weighted by molar-refractivity contribution is 6.01. The number of carbonyl (C=O) groups excluding carboxylic acids is 5. The molecular formula is C48H57N11O7. The normalized spacial score (nSPS) is 20.4. The van der Waals surface area contributed by atoms with Gasteiger partial charge in [-0.1, -0.05) is 11.3 Å². The number of hydrogen-bond donors (Lipinski definition) is 1. The zero-order valence-electron chi connectivity index (χ0n) is 37.9. The minimum absolute atomic E-state index is 0.0611. The van der Waals surface area contributed by atoms with E-state index >= 15 is 0 Å². The van der Waals surface area contributed by atoms with Crippen molar-refractivity contribution in [1.82, 2.24) is 44.1 Å². The van der Waals surface area contributed by atoms with Crippen LogP contribution in [0.4, 0.5) is 11.4 Å². The number of nitrogens with one attached hydrogen (secondary N) is 1. The van der Waals surface area contributed by atoms with Crippen molar-refractivity contribution in [2.24, 2.45) is 18.4 Å². The molecule has 0 aliphatic carbocycles. The SMILES string of the molecule is CN(C)C(=O)c1cc2cc(C3=CCCN(C(=O)CCn4ccnn4)C3)cc(N3CCC(C(=O)N4CCC5(CC4)CCN(c4ccc6c(c4)n(C)c(=O)n6C4CCC(=O)NC4=O)C5)CC3)c2o1. The first-order valence-corrected chi connectivity index (χ1v) is 23.3. The second-order valence-corrected chi connectivity index (χ2v) is 19.1. The van der Waals surface area contributed by atoms with Crippen LogP contribution in [0.3, 0.4) is 0 Å². The third kappa shape index (κ3) is 8.03. The summed E-state index contributed by atoms with van der Waals surface area (Å²) < 4.78 is 11.1. The highest BCUT2D eigenvalue weighted by atomic mass is 16.3. The van der Waals surface area contributed by atoms with Gasteiger partial charge >= 0.3 is 5.69 Å². The molecule has 1 spiro atoms. The Labute approximate surface area is 381 Å². The molecule has 4 fully saturated rings. The number of carbonyl (C=O) groups is 5. The molecule has 18 heteroatoms. The standard InChI is InChI=1S/C48H57N11O7/c1-52(2)46(64)40-27-34-25-33(32-5-4-17-56(29-32)42(61)12-20-58-24-16-49-51-58)26-39(43(34)66-40)54-18-10-31(11-19-54)45(63)55-21-13-48(14-22-55)15-23-57(30-48)35-6-7-36-38(28-35)53(3)47(65)59(36)37-8-9-41(60)50-44(37)62/h5-7,16,24-28,31,37H,4,8-15,17-23,29-30H2,1-3H3,(H,50,60,62). The summed E-state index contributed by atoms with van der Waals surface area (Å²) in [6.45, 7) is 6.13. The van der Waals surface area contributed by atoms with E-state index in [2.05, 4.69) is 48.5 Å². The molecule has 0 radical (unpaired) electrons. The number of furan rings is 1. The van der Waals surface area contributed by atoms with E-state index in [-0.39, 0.29) is 52.8 Å². The molecule has 10 rings (SSSR count). The second kappa shape index (κ2) is 17.3. The molecular weight excluding hydrogens is 843 g/mol. The van der Waals surface area contributed by atoms with Gasteiger partial charge in [0.2, 0.25) is 23.6 Å². The Morgan fingerprint density at radius 2 is 1.68 bits per heavy atom. The maximum atomic E-state index is 14.2. The fraction of sp³-hybridized carbons (Fsp3) is 0.500. The number of piperidine rings is 3. The summed E-state index contributed by atoms with van der Waals surface area (Å²) in [6.07, 6.45) is 11.4. The number of fused-ring (bicyclic) bond motifs is 2. The number of likely N-dealkylation sites (tertiary alicyclic amines) is 1. The fourth-order valence-corrected chi connectivity index (χ4v) is 10.9. The molecule has 5 aliphatic rings. The highest BCUT2D eigenvalue weighted by Gasteiger charge is 2.43. The van der Waals surface area contributed by atoms with E-state index < -0.39 is 11.9 Å². The lowest BCUT2D eigenvalue weighted by Crippen LogP contribution is -2.48. The predicted molar refractivity (Wildman–Crippen MR) is 247 cm³/mol. The van der Waals surface area contributed by atoms with E-state index in [4.69, 9.17) is 4.42 Å². The number of amides is 5. The van der Waals surface area contributed by atoms with Crippen LogP contribution < -0.4 is 20.8 Å². The summed E-state index contributed by atoms with van der Waals surface area (Å²) in [5, 5.41) is 11.0. The van der Waals surface area contributed by atoms with Crippen molar-refractivity contribution >= 4 is 68.5 Å². The number of hydrogen-bond acceptors (Lipinski definition) is 11. The van der Waals surface area contributed by atoms with Crippen molar-refractivity contribution in [3.05, 3.63) is 76.7 Å². The Bertz CT molecular complexity index is 2820. The zero-order valence-corrected chi connectivity index (χ0v) is 37.9. The van der Waals surface area contributed by atoms with Gasteiger partial charge in [-0.05, 0) is 97.9 Å². The van der Waals surface area contributed by atoms with Crippen LogP contribution in [0, 0.1) is 11.3 Å². The molecule has 346 valence electrons. The number of nitrogens with zero attached hydrogens (tertiary/aromatic N) is 10. The monoisotopic (exact) mass is 899 g/mol. The molecule has 1 atom stereocenters. The molecule has 18 nitrogen and oxygen atoms in total. The van der Waals surface area contributed by atoms with Crippen molar-refractivity contribution < 1.29 is 28.4 Å². The Kier molecular flexibility index (Phi) is 11.3. The number of benzene rings is 2. The van der Waals surface area contributed by atoms with Gasteiger partial charge < -0.3 is 28.9 Å². The maximum absolute atomic E-state index is 14.2. The number of imide groups is 1. The molecule has 8 heterocycles. The second-order valence-electron chi connectivity index (χ2n) is 19.1. The smallest absolute Gasteiger partial charge is 0.329 e. The lowest BCUT2D eigenvalue weighted by atomic mass is 9.77. The molecule has 5 amide bonds. The summed E-state index contributed by atoms with van der Waals surface area (Å²) >= 11 is 0. The third-order valence-corrected chi connectivity index (χ3v) is 14.8. The Morgan fingerprint density at radius 1 is 0.894 bits per heavy atom. The maximum Gasteiger partial charge on any atom is 0.329 e. The summed E-state index contributed by atoms with van der Waals surface area (Å²) in [4.78, 5) is 88.6. The quantitative estimate of drug-likeness (QED) is 0.213. The number of rotatable bonds is 9. The molecule has 3 aromatic heterocycles. The van der Waals surface area contributed by atoms with E-state index in [1.165, 1.54) is 9.47 Å². The Morgan fingerprint density at radius 3 is 2.42 bits per heavy atom. The van der Waals surface area contributed by atoms with Gasteiger partial charge in [0.05, 0.1) is 29.5 Å². The lowest BCUT2D eigenvalue weighted by molar-refractivity contribution is -0.138. The molecule has 1 unspecified atom stereocenters. The van der Waals surface area contributed by atoms with Crippen LogP contribution in [0.5, 0.6) is 0 Å². The summed E-state index contributed by atoms with van der Waals surface area (Å²) in [7, 11) is 5.13. The van der Waals surface area contributed by atoms with Gasteiger partial charge in [0.25, 0.3) is 5.91 Å². The van der Waals surface area contributed by atoms with Gasteiger partial charge in [0, 0.05) is 110 Å². The number of aryl methyl sites for hydroxylation is 2. The summed E-state index contributed by atoms with van der Waals surface area (Å²) in [5.74, 6) is -0.503. The molecule has 5 aromatic rings. The van der Waals surface area contributed by atoms with E-state index in [0.29, 0.717) is 69.5 Å². The lowest BCUT2D eigenvalue weighted by Gasteiger charge is -2.42. The zero-order chi connectivity index (χ0) is 45.9. The average molecular weight is 900 g/mol. The van der Waals surface area contributed by atoms with Crippen LogP contribution in [-0.2, 0) is 32.8 Å². The number of imidazole rings is 1. The Balaban J connectivity index is 0.783. The van der Waals surface area contributed by atoms with Crippen molar-refractivity contribution in [2.45, 2.75) is 70.4 Å². The average Bonchev–Trinajstić information content (AvgIpc) is 4.15. The topological polar surface area (TPSA) is 184 Å².